The fourth-order valence-corrected chi connectivity index (χ4v) is 1.31. The van der Waals surface area contributed by atoms with Crippen LogP contribution >= 0.6 is 15.9 Å². The first kappa shape index (κ1) is 11.1. The smallest absolute Gasteiger partial charge is 0.311 e. The zero-order valence-electron chi connectivity index (χ0n) is 7.59. The second-order valence-corrected chi connectivity index (χ2v) is 3.33. The summed E-state index contributed by atoms with van der Waals surface area (Å²) >= 11 is 3.01. The Hall–Kier alpha value is -0.970. The van der Waals surface area contributed by atoms with Crippen LogP contribution in [0.5, 0.6) is 0 Å². The van der Waals surface area contributed by atoms with E-state index < -0.39 is 11.8 Å². The first-order valence-corrected chi connectivity index (χ1v) is 4.89. The molecule has 0 N–H and O–H groups in total. The van der Waals surface area contributed by atoms with Gasteiger partial charge in [-0.15, -0.1) is 0 Å². The Bertz CT molecular complexity index is 344. The van der Waals surface area contributed by atoms with E-state index in [1.165, 1.54) is 12.3 Å². The van der Waals surface area contributed by atoms with E-state index in [2.05, 4.69) is 20.9 Å². The summed E-state index contributed by atoms with van der Waals surface area (Å²) in [5.41, 5.74) is 0.350. The molecule has 0 aliphatic rings. The Kier molecular flexibility index (Phi) is 4.00. The van der Waals surface area contributed by atoms with Crippen LogP contribution in [0.25, 0.3) is 0 Å². The molecule has 76 valence electrons. The van der Waals surface area contributed by atoms with E-state index in [1.807, 2.05) is 0 Å². The van der Waals surface area contributed by atoms with Crippen LogP contribution in [0.3, 0.4) is 0 Å². The van der Waals surface area contributed by atoms with E-state index >= 15 is 0 Å². The summed E-state index contributed by atoms with van der Waals surface area (Å²) in [7, 11) is 0. The van der Waals surface area contributed by atoms with Crippen LogP contribution in [0.1, 0.15) is 12.6 Å². The fourth-order valence-electron chi connectivity index (χ4n) is 0.932. The molecule has 0 saturated heterocycles. The average Bonchev–Trinajstić information content (AvgIpc) is 2.13. The maximum absolute atomic E-state index is 13.0. The van der Waals surface area contributed by atoms with Crippen molar-refractivity contribution in [3.05, 3.63) is 28.2 Å². The Morgan fingerprint density at radius 1 is 1.71 bits per heavy atom. The molecule has 3 nitrogen and oxygen atoms in total. The predicted octanol–water partition coefficient (Wildman–Crippen LogP) is 2.09. The average molecular weight is 262 g/mol. The minimum atomic E-state index is -0.431. The molecule has 0 spiro atoms. The number of carbonyl (C=O) groups excluding carboxylic acids is 1. The molecule has 0 atom stereocenters. The van der Waals surface area contributed by atoms with Gasteiger partial charge in [0.05, 0.1) is 23.2 Å². The van der Waals surface area contributed by atoms with Crippen LogP contribution in [0, 0.1) is 5.82 Å². The Morgan fingerprint density at radius 3 is 3.07 bits per heavy atom. The van der Waals surface area contributed by atoms with Gasteiger partial charge in [0.1, 0.15) is 5.82 Å². The van der Waals surface area contributed by atoms with Crippen LogP contribution in [-0.4, -0.2) is 17.6 Å². The minimum Gasteiger partial charge on any atom is -0.466 e. The van der Waals surface area contributed by atoms with Crippen LogP contribution < -0.4 is 0 Å². The summed E-state index contributed by atoms with van der Waals surface area (Å²) in [5.74, 6) is -0.842. The normalized spacial score (nSPS) is 9.93. The van der Waals surface area contributed by atoms with Crippen molar-refractivity contribution in [3.63, 3.8) is 0 Å². The van der Waals surface area contributed by atoms with Gasteiger partial charge in [0, 0.05) is 6.20 Å². The SMILES string of the molecule is CCOC(=O)Cc1nccc(F)c1Br. The number of esters is 1. The number of rotatable bonds is 3. The first-order valence-electron chi connectivity index (χ1n) is 4.09. The molecule has 0 unspecified atom stereocenters. The first-order chi connectivity index (χ1) is 6.65. The molecule has 0 bridgehead atoms. The molecule has 14 heavy (non-hydrogen) atoms. The van der Waals surface area contributed by atoms with Crippen LogP contribution in [0.4, 0.5) is 4.39 Å². The lowest BCUT2D eigenvalue weighted by molar-refractivity contribution is -0.142. The van der Waals surface area contributed by atoms with E-state index in [4.69, 9.17) is 4.74 Å². The van der Waals surface area contributed by atoms with Gasteiger partial charge in [0.2, 0.25) is 0 Å². The quantitative estimate of drug-likeness (QED) is 0.783. The van der Waals surface area contributed by atoms with Crippen molar-refractivity contribution in [2.75, 3.05) is 6.61 Å². The van der Waals surface area contributed by atoms with E-state index in [-0.39, 0.29) is 10.9 Å². The summed E-state index contributed by atoms with van der Waals surface area (Å²) in [4.78, 5) is 14.9. The second kappa shape index (κ2) is 5.05. The highest BCUT2D eigenvalue weighted by molar-refractivity contribution is 9.10. The zero-order chi connectivity index (χ0) is 10.6. The van der Waals surface area contributed by atoms with E-state index in [0.717, 1.165) is 0 Å². The molecule has 0 aliphatic carbocycles. The molecule has 0 amide bonds. The molecular formula is C9H9BrFNO2. The maximum Gasteiger partial charge on any atom is 0.311 e. The highest BCUT2D eigenvalue weighted by Crippen LogP contribution is 2.18. The molecule has 0 aromatic carbocycles. The monoisotopic (exact) mass is 261 g/mol. The van der Waals surface area contributed by atoms with Gasteiger partial charge in [-0.3, -0.25) is 9.78 Å². The molecule has 5 heteroatoms. The number of pyridine rings is 1. The molecule has 1 heterocycles. The minimum absolute atomic E-state index is 0.0216. The molecule has 0 aliphatic heterocycles. The number of carbonyl (C=O) groups is 1. The summed E-state index contributed by atoms with van der Waals surface area (Å²) < 4.78 is 17.9. The molecule has 0 fully saturated rings. The van der Waals surface area contributed by atoms with Crippen molar-refractivity contribution in [2.24, 2.45) is 0 Å². The van der Waals surface area contributed by atoms with Gasteiger partial charge in [0.25, 0.3) is 0 Å². The third-order valence-electron chi connectivity index (χ3n) is 1.53. The summed E-state index contributed by atoms with van der Waals surface area (Å²) in [5, 5.41) is 0. The number of aromatic nitrogens is 1. The fraction of sp³-hybridized carbons (Fsp3) is 0.333. The Morgan fingerprint density at radius 2 is 2.43 bits per heavy atom. The van der Waals surface area contributed by atoms with Crippen molar-refractivity contribution in [1.29, 1.82) is 0 Å². The van der Waals surface area contributed by atoms with Crippen molar-refractivity contribution < 1.29 is 13.9 Å². The number of nitrogens with zero attached hydrogens (tertiary/aromatic N) is 1. The van der Waals surface area contributed by atoms with Gasteiger partial charge in [-0.25, -0.2) is 4.39 Å². The Balaban J connectivity index is 2.76. The van der Waals surface area contributed by atoms with Crippen molar-refractivity contribution in [1.82, 2.24) is 4.98 Å². The molecular weight excluding hydrogens is 253 g/mol. The highest BCUT2D eigenvalue weighted by Gasteiger charge is 2.11. The number of hydrogen-bond donors (Lipinski definition) is 0. The summed E-state index contributed by atoms with van der Waals surface area (Å²) in [6.07, 6.45) is 1.29. The second-order valence-electron chi connectivity index (χ2n) is 2.54. The van der Waals surface area contributed by atoms with Crippen molar-refractivity contribution in [2.45, 2.75) is 13.3 Å². The van der Waals surface area contributed by atoms with E-state index in [1.54, 1.807) is 6.92 Å². The van der Waals surface area contributed by atoms with Crippen LogP contribution in [-0.2, 0) is 16.0 Å². The zero-order valence-corrected chi connectivity index (χ0v) is 9.17. The molecule has 1 aromatic heterocycles. The topological polar surface area (TPSA) is 39.2 Å². The molecule has 0 saturated carbocycles. The van der Waals surface area contributed by atoms with Gasteiger partial charge >= 0.3 is 5.97 Å². The highest BCUT2D eigenvalue weighted by atomic mass is 79.9. The number of ether oxygens (including phenoxy) is 1. The lowest BCUT2D eigenvalue weighted by Gasteiger charge is -2.03. The Labute approximate surface area is 89.4 Å². The van der Waals surface area contributed by atoms with Crippen molar-refractivity contribution in [3.8, 4) is 0 Å². The van der Waals surface area contributed by atoms with Gasteiger partial charge in [-0.05, 0) is 28.9 Å². The molecule has 1 rings (SSSR count). The lowest BCUT2D eigenvalue weighted by Crippen LogP contribution is -2.09. The summed E-state index contributed by atoms with van der Waals surface area (Å²) in [6.45, 7) is 2.03. The van der Waals surface area contributed by atoms with E-state index in [9.17, 15) is 9.18 Å². The van der Waals surface area contributed by atoms with Gasteiger partial charge in [0.15, 0.2) is 0 Å². The van der Waals surface area contributed by atoms with E-state index in [0.29, 0.717) is 12.3 Å². The summed E-state index contributed by atoms with van der Waals surface area (Å²) in [6, 6.07) is 1.22. The largest absolute Gasteiger partial charge is 0.466 e. The maximum atomic E-state index is 13.0. The van der Waals surface area contributed by atoms with Crippen molar-refractivity contribution >= 4 is 21.9 Å². The lowest BCUT2D eigenvalue weighted by atomic mass is 10.3. The number of halogens is 2. The third kappa shape index (κ3) is 2.77. The van der Waals surface area contributed by atoms with Crippen LogP contribution in [0.2, 0.25) is 0 Å². The predicted molar refractivity (Wildman–Crippen MR) is 52.2 cm³/mol. The van der Waals surface area contributed by atoms with Gasteiger partial charge in [-0.1, -0.05) is 0 Å². The molecule has 0 radical (unpaired) electrons. The van der Waals surface area contributed by atoms with Crippen LogP contribution in [0.15, 0.2) is 16.7 Å². The standard InChI is InChI=1S/C9H9BrFNO2/c1-2-14-8(13)5-7-9(10)6(11)3-4-12-7/h3-4H,2,5H2,1H3. The van der Waals surface area contributed by atoms with Gasteiger partial charge < -0.3 is 4.74 Å². The number of hydrogen-bond acceptors (Lipinski definition) is 3. The van der Waals surface area contributed by atoms with Gasteiger partial charge in [-0.2, -0.15) is 0 Å². The molecule has 1 aromatic rings. The third-order valence-corrected chi connectivity index (χ3v) is 2.37.